The molecule has 1 fully saturated rings. The number of primary amides is 1. The van der Waals surface area contributed by atoms with Gasteiger partial charge in [-0.05, 0) is 24.3 Å². The Labute approximate surface area is 122 Å². The van der Waals surface area contributed by atoms with Crippen LogP contribution in [0.3, 0.4) is 0 Å². The summed E-state index contributed by atoms with van der Waals surface area (Å²) in [5.74, 6) is -0.742. The molecule has 7 nitrogen and oxygen atoms in total. The zero-order chi connectivity index (χ0) is 15.2. The third-order valence-electron chi connectivity index (χ3n) is 3.21. The first kappa shape index (κ1) is 15.0. The Hall–Kier alpha value is -2.43. The summed E-state index contributed by atoms with van der Waals surface area (Å²) in [4.78, 5) is 25.0. The van der Waals surface area contributed by atoms with Crippen molar-refractivity contribution in [3.63, 3.8) is 0 Å². The third-order valence-corrected chi connectivity index (χ3v) is 3.21. The van der Waals surface area contributed by atoms with Gasteiger partial charge in [-0.3, -0.25) is 14.5 Å². The van der Waals surface area contributed by atoms with Crippen molar-refractivity contribution >= 4 is 17.5 Å². The van der Waals surface area contributed by atoms with E-state index in [2.05, 4.69) is 5.32 Å². The van der Waals surface area contributed by atoms with E-state index in [1.54, 1.807) is 29.2 Å². The first-order valence-electron chi connectivity index (χ1n) is 6.51. The summed E-state index contributed by atoms with van der Waals surface area (Å²) in [7, 11) is 0. The topological polar surface area (TPSA) is 108 Å². The SMILES string of the molecule is N#Cc1ccc(NC(=O)CN2CCOCC2C(N)=O)cc1. The monoisotopic (exact) mass is 288 g/mol. The highest BCUT2D eigenvalue weighted by Crippen LogP contribution is 2.10. The van der Waals surface area contributed by atoms with Gasteiger partial charge in [-0.1, -0.05) is 0 Å². The second-order valence-electron chi connectivity index (χ2n) is 4.70. The van der Waals surface area contributed by atoms with Crippen LogP contribution < -0.4 is 11.1 Å². The van der Waals surface area contributed by atoms with Crippen LogP contribution in [-0.4, -0.2) is 49.1 Å². The smallest absolute Gasteiger partial charge is 0.238 e. The van der Waals surface area contributed by atoms with Gasteiger partial charge in [-0.15, -0.1) is 0 Å². The second-order valence-corrected chi connectivity index (χ2v) is 4.70. The number of nitrogens with one attached hydrogen (secondary N) is 1. The molecule has 7 heteroatoms. The molecule has 0 aliphatic carbocycles. The fourth-order valence-electron chi connectivity index (χ4n) is 2.10. The first-order chi connectivity index (χ1) is 10.1. The lowest BCUT2D eigenvalue weighted by atomic mass is 10.2. The molecule has 2 amide bonds. The first-order valence-corrected chi connectivity index (χ1v) is 6.51. The lowest BCUT2D eigenvalue weighted by molar-refractivity contribution is -0.131. The number of hydrogen-bond donors (Lipinski definition) is 2. The van der Waals surface area contributed by atoms with Gasteiger partial charge >= 0.3 is 0 Å². The summed E-state index contributed by atoms with van der Waals surface area (Å²) in [5.41, 5.74) is 6.42. The van der Waals surface area contributed by atoms with E-state index >= 15 is 0 Å². The third kappa shape index (κ3) is 4.02. The lowest BCUT2D eigenvalue weighted by Crippen LogP contribution is -2.54. The maximum atomic E-state index is 12.0. The van der Waals surface area contributed by atoms with Crippen LogP contribution >= 0.6 is 0 Å². The Morgan fingerprint density at radius 2 is 2.14 bits per heavy atom. The van der Waals surface area contributed by atoms with Crippen molar-refractivity contribution in [3.8, 4) is 6.07 Å². The van der Waals surface area contributed by atoms with Gasteiger partial charge in [0.05, 0.1) is 31.4 Å². The molecule has 0 spiro atoms. The number of carbonyl (C=O) groups excluding carboxylic acids is 2. The van der Waals surface area contributed by atoms with Crippen molar-refractivity contribution in [2.24, 2.45) is 5.73 Å². The number of amides is 2. The molecule has 0 aromatic heterocycles. The van der Waals surface area contributed by atoms with Gasteiger partial charge < -0.3 is 15.8 Å². The van der Waals surface area contributed by atoms with E-state index in [0.717, 1.165) is 0 Å². The van der Waals surface area contributed by atoms with Crippen molar-refractivity contribution in [1.29, 1.82) is 5.26 Å². The summed E-state index contributed by atoms with van der Waals surface area (Å²) in [6, 6.07) is 7.98. The van der Waals surface area contributed by atoms with Gasteiger partial charge in [-0.25, -0.2) is 0 Å². The molecule has 1 aromatic carbocycles. The van der Waals surface area contributed by atoms with Crippen LogP contribution in [0.5, 0.6) is 0 Å². The number of carbonyl (C=O) groups is 2. The molecule has 1 aliphatic rings. The van der Waals surface area contributed by atoms with E-state index in [1.807, 2.05) is 6.07 Å². The summed E-state index contributed by atoms with van der Waals surface area (Å²) >= 11 is 0. The van der Waals surface area contributed by atoms with Gasteiger partial charge in [0, 0.05) is 12.2 Å². The van der Waals surface area contributed by atoms with Crippen molar-refractivity contribution in [2.75, 3.05) is 31.6 Å². The van der Waals surface area contributed by atoms with E-state index in [-0.39, 0.29) is 19.1 Å². The molecule has 1 heterocycles. The van der Waals surface area contributed by atoms with Gasteiger partial charge in [-0.2, -0.15) is 5.26 Å². The fraction of sp³-hybridized carbons (Fsp3) is 0.357. The van der Waals surface area contributed by atoms with Crippen molar-refractivity contribution in [1.82, 2.24) is 4.90 Å². The van der Waals surface area contributed by atoms with Crippen molar-refractivity contribution in [2.45, 2.75) is 6.04 Å². The van der Waals surface area contributed by atoms with Crippen LogP contribution in [0.15, 0.2) is 24.3 Å². The number of rotatable bonds is 4. The van der Waals surface area contributed by atoms with Crippen LogP contribution in [0.1, 0.15) is 5.56 Å². The Morgan fingerprint density at radius 3 is 2.76 bits per heavy atom. The highest BCUT2D eigenvalue weighted by atomic mass is 16.5. The number of nitrogens with zero attached hydrogens (tertiary/aromatic N) is 2. The second kappa shape index (κ2) is 6.83. The maximum Gasteiger partial charge on any atom is 0.238 e. The highest BCUT2D eigenvalue weighted by molar-refractivity contribution is 5.92. The molecule has 2 rings (SSSR count). The average Bonchev–Trinajstić information content (AvgIpc) is 2.48. The average molecular weight is 288 g/mol. The largest absolute Gasteiger partial charge is 0.378 e. The minimum atomic E-state index is -0.578. The van der Waals surface area contributed by atoms with E-state index in [0.29, 0.717) is 24.4 Å². The molecule has 1 aliphatic heterocycles. The van der Waals surface area contributed by atoms with Crippen LogP contribution in [0, 0.1) is 11.3 Å². The van der Waals surface area contributed by atoms with Crippen molar-refractivity contribution < 1.29 is 14.3 Å². The number of anilines is 1. The normalized spacial score (nSPS) is 18.7. The lowest BCUT2D eigenvalue weighted by Gasteiger charge is -2.32. The van der Waals surface area contributed by atoms with Crippen LogP contribution in [0.25, 0.3) is 0 Å². The molecule has 1 atom stereocenters. The number of morpholine rings is 1. The summed E-state index contributed by atoms with van der Waals surface area (Å²) in [6.07, 6.45) is 0. The fourth-order valence-corrected chi connectivity index (χ4v) is 2.10. The molecule has 1 saturated heterocycles. The zero-order valence-electron chi connectivity index (χ0n) is 11.4. The molecule has 110 valence electrons. The van der Waals surface area contributed by atoms with Crippen LogP contribution in [-0.2, 0) is 14.3 Å². The van der Waals surface area contributed by atoms with E-state index in [1.165, 1.54) is 0 Å². The molecule has 1 aromatic rings. The zero-order valence-corrected chi connectivity index (χ0v) is 11.4. The molecule has 0 radical (unpaired) electrons. The molecule has 21 heavy (non-hydrogen) atoms. The number of nitrogens with two attached hydrogens (primary N) is 1. The molecule has 3 N–H and O–H groups in total. The number of ether oxygens (including phenoxy) is 1. The van der Waals surface area contributed by atoms with E-state index in [4.69, 9.17) is 15.7 Å². The van der Waals surface area contributed by atoms with Gasteiger partial charge in [0.25, 0.3) is 0 Å². The molecule has 0 bridgehead atoms. The summed E-state index contributed by atoms with van der Waals surface area (Å²) in [6.45, 7) is 1.22. The Kier molecular flexibility index (Phi) is 4.87. The predicted octanol–water partition coefficient (Wildman–Crippen LogP) is -0.317. The number of nitriles is 1. The Balaban J connectivity index is 1.93. The highest BCUT2D eigenvalue weighted by Gasteiger charge is 2.28. The van der Waals surface area contributed by atoms with Crippen molar-refractivity contribution in [3.05, 3.63) is 29.8 Å². The number of hydrogen-bond acceptors (Lipinski definition) is 5. The van der Waals surface area contributed by atoms with E-state index < -0.39 is 11.9 Å². The minimum Gasteiger partial charge on any atom is -0.378 e. The molecule has 0 saturated carbocycles. The molecular formula is C14H16N4O3. The minimum absolute atomic E-state index is 0.0664. The maximum absolute atomic E-state index is 12.0. The Bertz CT molecular complexity index is 565. The van der Waals surface area contributed by atoms with Crippen LogP contribution in [0.2, 0.25) is 0 Å². The predicted molar refractivity (Wildman–Crippen MR) is 75.2 cm³/mol. The van der Waals surface area contributed by atoms with Gasteiger partial charge in [0.2, 0.25) is 11.8 Å². The standard InChI is InChI=1S/C14H16N4O3/c15-7-10-1-3-11(4-2-10)17-13(19)8-18-5-6-21-9-12(18)14(16)20/h1-4,12H,5-6,8-9H2,(H2,16,20)(H,17,19). The van der Waals surface area contributed by atoms with Gasteiger partial charge in [0.1, 0.15) is 6.04 Å². The summed E-state index contributed by atoms with van der Waals surface area (Å²) in [5, 5.41) is 11.4. The molecule has 1 unspecified atom stereocenters. The van der Waals surface area contributed by atoms with Gasteiger partial charge in [0.15, 0.2) is 0 Å². The summed E-state index contributed by atoms with van der Waals surface area (Å²) < 4.78 is 5.19. The molecular weight excluding hydrogens is 272 g/mol. The number of benzene rings is 1. The van der Waals surface area contributed by atoms with E-state index in [9.17, 15) is 9.59 Å². The van der Waals surface area contributed by atoms with Crippen LogP contribution in [0.4, 0.5) is 5.69 Å². The quantitative estimate of drug-likeness (QED) is 0.789. The Morgan fingerprint density at radius 1 is 1.43 bits per heavy atom.